The third-order valence-corrected chi connectivity index (χ3v) is 4.20. The summed E-state index contributed by atoms with van der Waals surface area (Å²) in [6.45, 7) is 4.09. The highest BCUT2D eigenvalue weighted by Crippen LogP contribution is 2.33. The summed E-state index contributed by atoms with van der Waals surface area (Å²) in [6, 6.07) is 2.21. The van der Waals surface area contributed by atoms with Gasteiger partial charge in [0.15, 0.2) is 0 Å². The van der Waals surface area contributed by atoms with Gasteiger partial charge in [-0.2, -0.15) is 0 Å². The highest BCUT2D eigenvalue weighted by molar-refractivity contribution is 5.16. The minimum atomic E-state index is 0.372. The predicted octanol–water partition coefficient (Wildman–Crippen LogP) is 2.35. The lowest BCUT2D eigenvalue weighted by molar-refractivity contribution is 0.153. The minimum absolute atomic E-state index is 0.372. The first-order valence-corrected chi connectivity index (χ1v) is 6.91. The maximum absolute atomic E-state index is 4.24. The van der Waals surface area contributed by atoms with Crippen LogP contribution in [0, 0.1) is 6.92 Å². The predicted molar refractivity (Wildman–Crippen MR) is 75.6 cm³/mol. The number of pyridine rings is 1. The zero-order valence-corrected chi connectivity index (χ0v) is 11.9. The van der Waals surface area contributed by atoms with E-state index in [1.165, 1.54) is 36.8 Å². The molecule has 18 heavy (non-hydrogen) atoms. The van der Waals surface area contributed by atoms with Crippen LogP contribution in [0.3, 0.4) is 0 Å². The monoisotopic (exact) mass is 247 g/mol. The molecule has 1 aliphatic carbocycles. The molecule has 0 aliphatic heterocycles. The molecule has 1 heterocycles. The summed E-state index contributed by atoms with van der Waals surface area (Å²) in [5.41, 5.74) is 2.89. The molecule has 1 aromatic rings. The minimum Gasteiger partial charge on any atom is -0.311 e. The number of nitrogens with one attached hydrogen (secondary N) is 1. The van der Waals surface area contributed by atoms with Gasteiger partial charge in [0.25, 0.3) is 0 Å². The van der Waals surface area contributed by atoms with E-state index in [4.69, 9.17) is 0 Å². The van der Waals surface area contributed by atoms with Crippen LogP contribution in [-0.4, -0.2) is 36.1 Å². The number of rotatable bonds is 5. The second kappa shape index (κ2) is 5.81. The van der Waals surface area contributed by atoms with E-state index >= 15 is 0 Å². The van der Waals surface area contributed by atoms with Crippen LogP contribution < -0.4 is 5.32 Å². The molecule has 1 aliphatic rings. The van der Waals surface area contributed by atoms with Crippen LogP contribution in [-0.2, 0) is 6.54 Å². The molecule has 1 aromatic heterocycles. The van der Waals surface area contributed by atoms with Crippen molar-refractivity contribution in [3.05, 3.63) is 29.6 Å². The zero-order valence-electron chi connectivity index (χ0n) is 11.9. The Morgan fingerprint density at radius 1 is 1.28 bits per heavy atom. The van der Waals surface area contributed by atoms with Crippen LogP contribution in [0.15, 0.2) is 18.5 Å². The Balaban J connectivity index is 1.87. The van der Waals surface area contributed by atoms with E-state index in [9.17, 15) is 0 Å². The molecule has 0 bridgehead atoms. The summed E-state index contributed by atoms with van der Waals surface area (Å²) < 4.78 is 0. The van der Waals surface area contributed by atoms with Gasteiger partial charge in [-0.3, -0.25) is 4.98 Å². The summed E-state index contributed by atoms with van der Waals surface area (Å²) in [7, 11) is 4.42. The lowest BCUT2D eigenvalue weighted by atomic mass is 9.96. The van der Waals surface area contributed by atoms with Crippen molar-refractivity contribution in [2.75, 3.05) is 20.6 Å². The van der Waals surface area contributed by atoms with Gasteiger partial charge < -0.3 is 10.2 Å². The number of nitrogens with zero attached hydrogens (tertiary/aromatic N) is 2. The van der Waals surface area contributed by atoms with Crippen molar-refractivity contribution in [1.29, 1.82) is 0 Å². The first kappa shape index (κ1) is 13.5. The molecule has 0 radical (unpaired) electrons. The van der Waals surface area contributed by atoms with Gasteiger partial charge in [-0.25, -0.2) is 0 Å². The quantitative estimate of drug-likeness (QED) is 0.865. The van der Waals surface area contributed by atoms with Crippen LogP contribution in [0.1, 0.15) is 36.8 Å². The third kappa shape index (κ3) is 3.09. The Hall–Kier alpha value is -0.930. The maximum Gasteiger partial charge on any atom is 0.0328 e. The maximum atomic E-state index is 4.24. The molecule has 0 amide bonds. The summed E-state index contributed by atoms with van der Waals surface area (Å²) >= 11 is 0. The largest absolute Gasteiger partial charge is 0.311 e. The van der Waals surface area contributed by atoms with E-state index in [0.29, 0.717) is 5.54 Å². The van der Waals surface area contributed by atoms with Crippen molar-refractivity contribution < 1.29 is 0 Å². The van der Waals surface area contributed by atoms with Crippen molar-refractivity contribution >= 4 is 0 Å². The molecule has 1 fully saturated rings. The van der Waals surface area contributed by atoms with Crippen LogP contribution in [0.2, 0.25) is 0 Å². The number of aryl methyl sites for hydroxylation is 1. The third-order valence-electron chi connectivity index (χ3n) is 4.20. The summed E-state index contributed by atoms with van der Waals surface area (Å²) in [5.74, 6) is 0. The van der Waals surface area contributed by atoms with Crippen LogP contribution >= 0.6 is 0 Å². The molecule has 3 heteroatoms. The van der Waals surface area contributed by atoms with Gasteiger partial charge in [-0.1, -0.05) is 18.9 Å². The smallest absolute Gasteiger partial charge is 0.0328 e. The van der Waals surface area contributed by atoms with E-state index in [2.05, 4.69) is 42.3 Å². The topological polar surface area (TPSA) is 28.2 Å². The highest BCUT2D eigenvalue weighted by atomic mass is 15.2. The van der Waals surface area contributed by atoms with Crippen molar-refractivity contribution in [2.24, 2.45) is 0 Å². The van der Waals surface area contributed by atoms with Gasteiger partial charge in [0, 0.05) is 31.0 Å². The van der Waals surface area contributed by atoms with Crippen LogP contribution in [0.4, 0.5) is 0 Å². The molecular weight excluding hydrogens is 222 g/mol. The summed E-state index contributed by atoms with van der Waals surface area (Å²) in [6.07, 6.45) is 9.23. The van der Waals surface area contributed by atoms with E-state index in [1.807, 2.05) is 12.4 Å². The van der Waals surface area contributed by atoms with Crippen molar-refractivity contribution in [3.63, 3.8) is 0 Å². The standard InChI is InChI=1S/C15H25N3/c1-13-8-14(10-16-9-13)11-17-12-15(18(2)3)6-4-5-7-15/h8-10,17H,4-7,11-12H2,1-3H3. The SMILES string of the molecule is Cc1cncc(CNCC2(N(C)C)CCCC2)c1. The molecule has 0 spiro atoms. The van der Waals surface area contributed by atoms with Crippen molar-refractivity contribution in [2.45, 2.75) is 44.7 Å². The van der Waals surface area contributed by atoms with E-state index in [1.54, 1.807) is 0 Å². The summed E-state index contributed by atoms with van der Waals surface area (Å²) in [5, 5.41) is 3.61. The Kier molecular flexibility index (Phi) is 4.36. The second-order valence-electron chi connectivity index (χ2n) is 5.80. The van der Waals surface area contributed by atoms with E-state index in [-0.39, 0.29) is 0 Å². The van der Waals surface area contributed by atoms with Crippen LogP contribution in [0.5, 0.6) is 0 Å². The van der Waals surface area contributed by atoms with Gasteiger partial charge in [0.05, 0.1) is 0 Å². The molecule has 0 atom stereocenters. The van der Waals surface area contributed by atoms with Gasteiger partial charge in [-0.15, -0.1) is 0 Å². The number of aromatic nitrogens is 1. The molecule has 0 saturated heterocycles. The molecule has 0 unspecified atom stereocenters. The lowest BCUT2D eigenvalue weighted by Gasteiger charge is -2.36. The Bertz CT molecular complexity index is 381. The van der Waals surface area contributed by atoms with Gasteiger partial charge in [-0.05, 0) is 45.0 Å². The number of likely N-dealkylation sites (N-methyl/N-ethyl adjacent to an activating group) is 1. The molecule has 0 aromatic carbocycles. The van der Waals surface area contributed by atoms with E-state index in [0.717, 1.165) is 13.1 Å². The first-order chi connectivity index (χ1) is 8.62. The lowest BCUT2D eigenvalue weighted by Crippen LogP contribution is -2.49. The fourth-order valence-corrected chi connectivity index (χ4v) is 2.97. The first-order valence-electron chi connectivity index (χ1n) is 6.91. The average Bonchev–Trinajstić information content (AvgIpc) is 2.79. The van der Waals surface area contributed by atoms with E-state index < -0.39 is 0 Å². The van der Waals surface area contributed by atoms with Crippen LogP contribution in [0.25, 0.3) is 0 Å². The zero-order chi connectivity index (χ0) is 13.0. The number of hydrogen-bond acceptors (Lipinski definition) is 3. The summed E-state index contributed by atoms with van der Waals surface area (Å²) in [4.78, 5) is 6.64. The van der Waals surface area contributed by atoms with Crippen molar-refractivity contribution in [1.82, 2.24) is 15.2 Å². The molecule has 1 saturated carbocycles. The Morgan fingerprint density at radius 2 is 2.00 bits per heavy atom. The number of hydrogen-bond donors (Lipinski definition) is 1. The Labute approximate surface area is 111 Å². The fourth-order valence-electron chi connectivity index (χ4n) is 2.97. The van der Waals surface area contributed by atoms with Gasteiger partial charge >= 0.3 is 0 Å². The molecule has 100 valence electrons. The fraction of sp³-hybridized carbons (Fsp3) is 0.667. The molecule has 1 N–H and O–H groups in total. The van der Waals surface area contributed by atoms with Crippen molar-refractivity contribution in [3.8, 4) is 0 Å². The van der Waals surface area contributed by atoms with Gasteiger partial charge in [0.2, 0.25) is 0 Å². The average molecular weight is 247 g/mol. The molecular formula is C15H25N3. The Morgan fingerprint density at radius 3 is 2.61 bits per heavy atom. The molecule has 3 nitrogen and oxygen atoms in total. The normalized spacial score (nSPS) is 18.4. The second-order valence-corrected chi connectivity index (χ2v) is 5.80. The highest BCUT2D eigenvalue weighted by Gasteiger charge is 2.35. The van der Waals surface area contributed by atoms with Gasteiger partial charge in [0.1, 0.15) is 0 Å². The molecule has 2 rings (SSSR count).